The molecule has 0 aromatic heterocycles. The Morgan fingerprint density at radius 2 is 1.90 bits per heavy atom. The SMILES string of the molecule is COC1CCC2(C)C(=CCC3C2CCC2(C)C(CCCC(ON)C(F)(F)F)CCC32)C1. The van der Waals surface area contributed by atoms with Crippen molar-refractivity contribution < 1.29 is 22.7 Å². The van der Waals surface area contributed by atoms with Gasteiger partial charge < -0.3 is 4.74 Å². The van der Waals surface area contributed by atoms with Crippen molar-refractivity contribution in [2.24, 2.45) is 40.4 Å². The van der Waals surface area contributed by atoms with E-state index >= 15 is 0 Å². The van der Waals surface area contributed by atoms with Gasteiger partial charge in [0, 0.05) is 7.11 Å². The van der Waals surface area contributed by atoms with Gasteiger partial charge in [0.1, 0.15) is 0 Å². The van der Waals surface area contributed by atoms with Crippen LogP contribution in [-0.4, -0.2) is 25.5 Å². The number of nitrogens with two attached hydrogens (primary N) is 1. The molecule has 4 aliphatic rings. The van der Waals surface area contributed by atoms with Gasteiger partial charge in [0.15, 0.2) is 6.10 Å². The molecule has 31 heavy (non-hydrogen) atoms. The maximum atomic E-state index is 13.0. The molecule has 0 saturated heterocycles. The molecule has 3 fully saturated rings. The van der Waals surface area contributed by atoms with E-state index in [1.54, 1.807) is 5.57 Å². The quantitative estimate of drug-likeness (QED) is 0.373. The van der Waals surface area contributed by atoms with Crippen LogP contribution in [0.2, 0.25) is 0 Å². The lowest BCUT2D eigenvalue weighted by atomic mass is 9.47. The molecule has 0 radical (unpaired) electrons. The van der Waals surface area contributed by atoms with Crippen LogP contribution in [0.4, 0.5) is 13.2 Å². The molecule has 8 atom stereocenters. The Hall–Kier alpha value is -0.590. The van der Waals surface area contributed by atoms with E-state index in [0.717, 1.165) is 37.5 Å². The average Bonchev–Trinajstić information content (AvgIpc) is 3.06. The first-order valence-corrected chi connectivity index (χ1v) is 12.3. The van der Waals surface area contributed by atoms with E-state index in [-0.39, 0.29) is 11.8 Å². The first-order chi connectivity index (χ1) is 14.6. The third kappa shape index (κ3) is 4.10. The standard InChI is InChI=1S/C25H40F3NO2/c1-23-14-12-21-19(9-7-17-15-18(30-3)11-13-24(17,21)2)20(23)10-8-16(23)5-4-6-22(31-29)25(26,27)28/h7,16,18-22H,4-6,8-15,29H2,1-3H3. The zero-order chi connectivity index (χ0) is 22.4. The summed E-state index contributed by atoms with van der Waals surface area (Å²) < 4.78 is 44.5. The van der Waals surface area contributed by atoms with E-state index in [0.29, 0.717) is 29.8 Å². The fourth-order valence-electron chi connectivity index (χ4n) is 8.27. The van der Waals surface area contributed by atoms with Gasteiger partial charge in [-0.3, -0.25) is 4.84 Å². The van der Waals surface area contributed by atoms with Gasteiger partial charge in [-0.25, -0.2) is 5.90 Å². The molecular weight excluding hydrogens is 403 g/mol. The molecule has 8 unspecified atom stereocenters. The van der Waals surface area contributed by atoms with E-state index in [9.17, 15) is 13.2 Å². The number of fused-ring (bicyclic) bond motifs is 5. The van der Waals surface area contributed by atoms with Crippen molar-refractivity contribution in [1.82, 2.24) is 0 Å². The average molecular weight is 444 g/mol. The van der Waals surface area contributed by atoms with E-state index < -0.39 is 12.3 Å². The van der Waals surface area contributed by atoms with Gasteiger partial charge in [-0.05, 0) is 98.7 Å². The van der Waals surface area contributed by atoms with Gasteiger partial charge in [-0.2, -0.15) is 13.2 Å². The lowest BCUT2D eigenvalue weighted by Crippen LogP contribution is -2.50. The van der Waals surface area contributed by atoms with Crippen molar-refractivity contribution in [2.45, 2.75) is 103 Å². The fourth-order valence-corrected chi connectivity index (χ4v) is 8.27. The molecule has 0 aromatic rings. The lowest BCUT2D eigenvalue weighted by Gasteiger charge is -2.58. The van der Waals surface area contributed by atoms with Crippen LogP contribution in [0.5, 0.6) is 0 Å². The maximum Gasteiger partial charge on any atom is 0.416 e. The molecule has 3 nitrogen and oxygen atoms in total. The summed E-state index contributed by atoms with van der Waals surface area (Å²) in [5.74, 6) is 7.61. The molecule has 0 spiro atoms. The molecule has 0 amide bonds. The van der Waals surface area contributed by atoms with Crippen LogP contribution in [0.25, 0.3) is 0 Å². The molecule has 0 bridgehead atoms. The molecule has 0 aromatic carbocycles. The van der Waals surface area contributed by atoms with Crippen LogP contribution in [-0.2, 0) is 9.57 Å². The topological polar surface area (TPSA) is 44.5 Å². The van der Waals surface area contributed by atoms with Crippen LogP contribution in [0.1, 0.15) is 84.5 Å². The fraction of sp³-hybridized carbons (Fsp3) is 0.920. The van der Waals surface area contributed by atoms with Crippen molar-refractivity contribution in [3.8, 4) is 0 Å². The lowest BCUT2D eigenvalue weighted by molar-refractivity contribution is -0.224. The number of hydrogen-bond acceptors (Lipinski definition) is 3. The maximum absolute atomic E-state index is 13.0. The molecule has 4 aliphatic carbocycles. The second-order valence-electron chi connectivity index (χ2n) is 11.3. The monoisotopic (exact) mass is 443 g/mol. The predicted molar refractivity (Wildman–Crippen MR) is 115 cm³/mol. The second-order valence-corrected chi connectivity index (χ2v) is 11.3. The van der Waals surface area contributed by atoms with Gasteiger partial charge in [0.2, 0.25) is 0 Å². The number of allylic oxidation sites excluding steroid dienone is 1. The van der Waals surface area contributed by atoms with Gasteiger partial charge in [-0.1, -0.05) is 31.9 Å². The van der Waals surface area contributed by atoms with Crippen molar-refractivity contribution in [3.63, 3.8) is 0 Å². The van der Waals surface area contributed by atoms with Crippen LogP contribution < -0.4 is 5.90 Å². The van der Waals surface area contributed by atoms with Crippen LogP contribution in [0.3, 0.4) is 0 Å². The number of rotatable bonds is 6. The molecule has 6 heteroatoms. The number of methoxy groups -OCH3 is 1. The molecule has 0 aliphatic heterocycles. The zero-order valence-corrected chi connectivity index (χ0v) is 19.3. The highest BCUT2D eigenvalue weighted by Gasteiger charge is 2.58. The summed E-state index contributed by atoms with van der Waals surface area (Å²) >= 11 is 0. The van der Waals surface area contributed by atoms with Crippen molar-refractivity contribution in [3.05, 3.63) is 11.6 Å². The number of ether oxygens (including phenoxy) is 1. The first-order valence-electron chi connectivity index (χ1n) is 12.3. The summed E-state index contributed by atoms with van der Waals surface area (Å²) in [5.41, 5.74) is 2.21. The molecule has 0 heterocycles. The largest absolute Gasteiger partial charge is 0.416 e. The third-order valence-corrected chi connectivity index (χ3v) is 10.1. The van der Waals surface area contributed by atoms with Gasteiger partial charge in [0.05, 0.1) is 6.10 Å². The Balaban J connectivity index is 1.42. The Bertz CT molecular complexity index is 680. The Kier molecular flexibility index (Phi) is 6.57. The molecule has 3 saturated carbocycles. The van der Waals surface area contributed by atoms with Crippen LogP contribution in [0.15, 0.2) is 11.6 Å². The van der Waals surface area contributed by atoms with Crippen molar-refractivity contribution in [1.29, 1.82) is 0 Å². The van der Waals surface area contributed by atoms with E-state index in [2.05, 4.69) is 24.8 Å². The minimum absolute atomic E-state index is 0.0336. The highest BCUT2D eigenvalue weighted by atomic mass is 19.4. The molecule has 2 N–H and O–H groups in total. The first kappa shape index (κ1) is 23.6. The summed E-state index contributed by atoms with van der Waals surface area (Å²) in [6.07, 6.45) is 7.57. The van der Waals surface area contributed by atoms with Crippen molar-refractivity contribution >= 4 is 0 Å². The summed E-state index contributed by atoms with van der Waals surface area (Å²) in [7, 11) is 1.83. The normalized spacial score (nSPS) is 43.6. The zero-order valence-electron chi connectivity index (χ0n) is 19.3. The minimum Gasteiger partial charge on any atom is -0.381 e. The van der Waals surface area contributed by atoms with E-state index in [1.165, 1.54) is 32.1 Å². The van der Waals surface area contributed by atoms with Gasteiger partial charge in [0.25, 0.3) is 0 Å². The Labute approximate surface area is 185 Å². The summed E-state index contributed by atoms with van der Waals surface area (Å²) in [6, 6.07) is 0. The van der Waals surface area contributed by atoms with Gasteiger partial charge >= 0.3 is 6.18 Å². The summed E-state index contributed by atoms with van der Waals surface area (Å²) in [5, 5.41) is 0. The summed E-state index contributed by atoms with van der Waals surface area (Å²) in [6.45, 7) is 4.94. The van der Waals surface area contributed by atoms with E-state index in [4.69, 9.17) is 10.6 Å². The number of halogens is 3. The summed E-state index contributed by atoms with van der Waals surface area (Å²) in [4.78, 5) is 4.22. The second kappa shape index (κ2) is 8.64. The predicted octanol–water partition coefficient (Wildman–Crippen LogP) is 6.57. The van der Waals surface area contributed by atoms with E-state index in [1.807, 2.05) is 7.11 Å². The van der Waals surface area contributed by atoms with Crippen molar-refractivity contribution in [2.75, 3.05) is 7.11 Å². The molecule has 178 valence electrons. The molecule has 4 rings (SSSR count). The highest BCUT2D eigenvalue weighted by molar-refractivity contribution is 5.25. The van der Waals surface area contributed by atoms with Crippen LogP contribution in [0, 0.1) is 34.5 Å². The van der Waals surface area contributed by atoms with Crippen LogP contribution >= 0.6 is 0 Å². The Morgan fingerprint density at radius 3 is 2.58 bits per heavy atom. The minimum atomic E-state index is -4.38. The highest BCUT2D eigenvalue weighted by Crippen LogP contribution is 2.66. The number of hydrogen-bond donors (Lipinski definition) is 1. The Morgan fingerprint density at radius 1 is 1.13 bits per heavy atom. The number of alkyl halides is 3. The molecular formula is C25H40F3NO2. The van der Waals surface area contributed by atoms with Gasteiger partial charge in [-0.15, -0.1) is 0 Å². The third-order valence-electron chi connectivity index (χ3n) is 10.1. The smallest absolute Gasteiger partial charge is 0.381 e.